The molecular weight excluding hydrogens is 386 g/mol. The molecule has 3 rings (SSSR count). The third-order valence-electron chi connectivity index (χ3n) is 5.26. The van der Waals surface area contributed by atoms with Crippen molar-refractivity contribution in [2.24, 2.45) is 0 Å². The van der Waals surface area contributed by atoms with Crippen LogP contribution in [0.25, 0.3) is 0 Å². The molecule has 154 valence electrons. The molecule has 0 radical (unpaired) electrons. The van der Waals surface area contributed by atoms with Crippen LogP contribution in [-0.4, -0.2) is 90.8 Å². The maximum absolute atomic E-state index is 12.5. The number of likely N-dealkylation sites (tertiary alicyclic amines) is 1. The van der Waals surface area contributed by atoms with Crippen molar-refractivity contribution in [3.8, 4) is 0 Å². The van der Waals surface area contributed by atoms with Gasteiger partial charge in [-0.3, -0.25) is 9.80 Å². The van der Waals surface area contributed by atoms with E-state index in [0.29, 0.717) is 32.6 Å². The number of benzene rings is 1. The quantitative estimate of drug-likeness (QED) is 0.749. The van der Waals surface area contributed by atoms with Crippen LogP contribution in [0.3, 0.4) is 0 Å². The molecule has 28 heavy (non-hydrogen) atoms. The van der Waals surface area contributed by atoms with Gasteiger partial charge in [-0.05, 0) is 12.0 Å². The summed E-state index contributed by atoms with van der Waals surface area (Å²) in [5, 5.41) is 9.53. The fraction of sp³-hybridized carbons (Fsp3) is 0.556. The van der Waals surface area contributed by atoms with Crippen LogP contribution in [-0.2, 0) is 26.2 Å². The number of carbonyl (C=O) groups is 2. The van der Waals surface area contributed by atoms with Crippen molar-refractivity contribution in [3.05, 3.63) is 35.9 Å². The zero-order valence-corrected chi connectivity index (χ0v) is 16.5. The topological polar surface area (TPSA) is 107 Å². The van der Waals surface area contributed by atoms with E-state index in [0.717, 1.165) is 5.56 Å². The number of sulfonamides is 1. The van der Waals surface area contributed by atoms with Gasteiger partial charge in [0.1, 0.15) is 12.6 Å². The molecule has 1 aromatic carbocycles. The molecule has 1 aromatic rings. The predicted octanol–water partition coefficient (Wildman–Crippen LogP) is 0.428. The summed E-state index contributed by atoms with van der Waals surface area (Å²) in [6, 6.07) is 8.12. The third kappa shape index (κ3) is 4.81. The van der Waals surface area contributed by atoms with Crippen molar-refractivity contribution < 1.29 is 27.9 Å². The molecule has 2 fully saturated rings. The molecule has 2 atom stereocenters. The zero-order valence-electron chi connectivity index (χ0n) is 15.7. The number of amides is 1. The van der Waals surface area contributed by atoms with Crippen LogP contribution < -0.4 is 0 Å². The Morgan fingerprint density at radius 3 is 2.36 bits per heavy atom. The molecule has 1 N–H and O–H groups in total. The van der Waals surface area contributed by atoms with Gasteiger partial charge in [-0.25, -0.2) is 18.0 Å². The fourth-order valence-corrected chi connectivity index (χ4v) is 4.54. The first-order valence-corrected chi connectivity index (χ1v) is 11.0. The standard InChI is InChI=1S/C18H25N3O6S/c1-28(25,26)20-9-7-19(8-10-20)15-11-16(17(22)23)21(12-15)18(24)27-13-14-5-3-2-4-6-14/h2-6,15-16H,7-13H2,1H3,(H,22,23)/t15-,16-/m0/s1. The molecule has 2 aliphatic rings. The van der Waals surface area contributed by atoms with E-state index in [9.17, 15) is 23.1 Å². The lowest BCUT2D eigenvalue weighted by Crippen LogP contribution is -2.52. The second kappa shape index (κ2) is 8.46. The monoisotopic (exact) mass is 411 g/mol. The summed E-state index contributed by atoms with van der Waals surface area (Å²) in [5.41, 5.74) is 0.829. The van der Waals surface area contributed by atoms with E-state index in [1.807, 2.05) is 30.3 Å². The molecule has 0 unspecified atom stereocenters. The zero-order chi connectivity index (χ0) is 20.3. The minimum atomic E-state index is -3.23. The minimum Gasteiger partial charge on any atom is -0.480 e. The Morgan fingerprint density at radius 1 is 1.14 bits per heavy atom. The molecule has 0 aromatic heterocycles. The third-order valence-corrected chi connectivity index (χ3v) is 6.57. The number of piperazine rings is 1. The lowest BCUT2D eigenvalue weighted by molar-refractivity contribution is -0.141. The summed E-state index contributed by atoms with van der Waals surface area (Å²) in [5.74, 6) is -1.06. The Labute approximate surface area is 164 Å². The number of carbonyl (C=O) groups excluding carboxylic acids is 1. The molecule has 2 heterocycles. The molecular formula is C18H25N3O6S. The van der Waals surface area contributed by atoms with E-state index < -0.39 is 28.1 Å². The van der Waals surface area contributed by atoms with E-state index in [1.54, 1.807) is 0 Å². The van der Waals surface area contributed by atoms with Gasteiger partial charge in [-0.1, -0.05) is 30.3 Å². The van der Waals surface area contributed by atoms with Crippen LogP contribution in [0.5, 0.6) is 0 Å². The Kier molecular flexibility index (Phi) is 6.21. The molecule has 0 spiro atoms. The van der Waals surface area contributed by atoms with Crippen LogP contribution in [0.15, 0.2) is 30.3 Å². The average molecular weight is 411 g/mol. The number of rotatable bonds is 5. The second-order valence-electron chi connectivity index (χ2n) is 7.13. The van der Waals surface area contributed by atoms with Gasteiger partial charge in [0, 0.05) is 38.8 Å². The Hall–Kier alpha value is -2.17. The summed E-state index contributed by atoms with van der Waals surface area (Å²) in [4.78, 5) is 27.4. The Balaban J connectivity index is 1.59. The number of carboxylic acid groups (broad SMARTS) is 1. The molecule has 2 saturated heterocycles. The van der Waals surface area contributed by atoms with Crippen molar-refractivity contribution in [1.29, 1.82) is 0 Å². The first-order chi connectivity index (χ1) is 13.3. The highest BCUT2D eigenvalue weighted by molar-refractivity contribution is 7.88. The maximum Gasteiger partial charge on any atom is 0.410 e. The lowest BCUT2D eigenvalue weighted by atomic mass is 10.1. The van der Waals surface area contributed by atoms with Gasteiger partial charge in [0.15, 0.2) is 0 Å². The average Bonchev–Trinajstić information content (AvgIpc) is 3.12. The molecule has 10 heteroatoms. The molecule has 0 saturated carbocycles. The molecule has 9 nitrogen and oxygen atoms in total. The summed E-state index contributed by atoms with van der Waals surface area (Å²) in [6.45, 7) is 2.09. The number of ether oxygens (including phenoxy) is 1. The summed E-state index contributed by atoms with van der Waals surface area (Å²) in [7, 11) is -3.23. The highest BCUT2D eigenvalue weighted by Crippen LogP contribution is 2.25. The first-order valence-electron chi connectivity index (χ1n) is 9.15. The Bertz CT molecular complexity index is 808. The van der Waals surface area contributed by atoms with Crippen LogP contribution in [0.2, 0.25) is 0 Å². The summed E-state index contributed by atoms with van der Waals surface area (Å²) >= 11 is 0. The van der Waals surface area contributed by atoms with Gasteiger partial charge in [-0.15, -0.1) is 0 Å². The van der Waals surface area contributed by atoms with Gasteiger partial charge < -0.3 is 9.84 Å². The maximum atomic E-state index is 12.5. The Morgan fingerprint density at radius 2 is 1.79 bits per heavy atom. The highest BCUT2D eigenvalue weighted by Gasteiger charge is 2.43. The number of carboxylic acids is 1. The lowest BCUT2D eigenvalue weighted by Gasteiger charge is -2.36. The van der Waals surface area contributed by atoms with Crippen LogP contribution in [0.1, 0.15) is 12.0 Å². The number of nitrogens with zero attached hydrogens (tertiary/aromatic N) is 3. The second-order valence-corrected chi connectivity index (χ2v) is 9.12. The van der Waals surface area contributed by atoms with Gasteiger partial charge in [0.25, 0.3) is 0 Å². The number of hydrogen-bond acceptors (Lipinski definition) is 6. The first kappa shape index (κ1) is 20.6. The summed E-state index contributed by atoms with van der Waals surface area (Å²) < 4.78 is 30.0. The van der Waals surface area contributed by atoms with E-state index >= 15 is 0 Å². The van der Waals surface area contributed by atoms with Gasteiger partial charge in [0.05, 0.1) is 6.26 Å². The smallest absolute Gasteiger partial charge is 0.410 e. The van der Waals surface area contributed by atoms with Crippen molar-refractivity contribution in [2.75, 3.05) is 39.0 Å². The van der Waals surface area contributed by atoms with Crippen molar-refractivity contribution >= 4 is 22.1 Å². The van der Waals surface area contributed by atoms with Crippen LogP contribution in [0.4, 0.5) is 4.79 Å². The van der Waals surface area contributed by atoms with E-state index in [2.05, 4.69) is 4.90 Å². The largest absolute Gasteiger partial charge is 0.480 e. The van der Waals surface area contributed by atoms with E-state index in [4.69, 9.17) is 4.74 Å². The predicted molar refractivity (Wildman–Crippen MR) is 101 cm³/mol. The van der Waals surface area contributed by atoms with Crippen molar-refractivity contribution in [1.82, 2.24) is 14.1 Å². The molecule has 1 amide bonds. The van der Waals surface area contributed by atoms with Gasteiger partial charge in [-0.2, -0.15) is 4.31 Å². The number of hydrogen-bond donors (Lipinski definition) is 1. The molecule has 2 aliphatic heterocycles. The van der Waals surface area contributed by atoms with Gasteiger partial charge in [0.2, 0.25) is 10.0 Å². The van der Waals surface area contributed by atoms with E-state index in [1.165, 1.54) is 15.5 Å². The summed E-state index contributed by atoms with van der Waals surface area (Å²) in [6.07, 6.45) is 0.839. The van der Waals surface area contributed by atoms with Crippen molar-refractivity contribution in [2.45, 2.75) is 25.1 Å². The van der Waals surface area contributed by atoms with Crippen LogP contribution in [0, 0.1) is 0 Å². The highest BCUT2D eigenvalue weighted by atomic mass is 32.2. The SMILES string of the molecule is CS(=O)(=O)N1CCN([C@H]2C[C@@H](C(=O)O)N(C(=O)OCc3ccccc3)C2)CC1. The number of aliphatic carboxylic acids is 1. The van der Waals surface area contributed by atoms with E-state index in [-0.39, 0.29) is 19.2 Å². The molecule has 0 aliphatic carbocycles. The molecule has 0 bridgehead atoms. The fourth-order valence-electron chi connectivity index (χ4n) is 3.72. The van der Waals surface area contributed by atoms with Crippen molar-refractivity contribution in [3.63, 3.8) is 0 Å². The minimum absolute atomic E-state index is 0.0835. The van der Waals surface area contributed by atoms with Gasteiger partial charge >= 0.3 is 12.1 Å². The normalized spacial score (nSPS) is 24.2. The van der Waals surface area contributed by atoms with Crippen LogP contribution >= 0.6 is 0 Å².